The molecular weight excluding hydrogens is 304 g/mol. The number of hydrogen-bond acceptors (Lipinski definition) is 3. The summed E-state index contributed by atoms with van der Waals surface area (Å²) in [6.45, 7) is 6.39. The second-order valence-corrected chi connectivity index (χ2v) is 6.75. The normalized spacial score (nSPS) is 16.8. The average Bonchev–Trinajstić information content (AvgIpc) is 2.59. The fraction of sp³-hybridized carbons (Fsp3) is 0.526. The van der Waals surface area contributed by atoms with Crippen LogP contribution in [-0.4, -0.2) is 41.6 Å². The van der Waals surface area contributed by atoms with Gasteiger partial charge in [-0.05, 0) is 18.8 Å². The minimum absolute atomic E-state index is 0.0325. The summed E-state index contributed by atoms with van der Waals surface area (Å²) in [5, 5.41) is 2.74. The Morgan fingerprint density at radius 3 is 2.17 bits per heavy atom. The number of carbonyl (C=O) groups excluding carboxylic acids is 3. The number of rotatable bonds is 5. The molecule has 1 aliphatic rings. The van der Waals surface area contributed by atoms with E-state index >= 15 is 0 Å². The van der Waals surface area contributed by atoms with E-state index in [4.69, 9.17) is 0 Å². The standard InChI is InChI=1S/C19H26N2O3/c1-13(2)17(20-14(3)22)19(24)21-11-9-16(10-12-21)18(23)15-7-5-4-6-8-15/h4-8,13,16-17H,9-12H2,1-3H3,(H,20,22). The third-order valence-electron chi connectivity index (χ3n) is 4.53. The number of hydrogen-bond donors (Lipinski definition) is 1. The van der Waals surface area contributed by atoms with Gasteiger partial charge >= 0.3 is 0 Å². The van der Waals surface area contributed by atoms with Gasteiger partial charge in [0.1, 0.15) is 6.04 Å². The van der Waals surface area contributed by atoms with Crippen LogP contribution >= 0.6 is 0 Å². The van der Waals surface area contributed by atoms with Crippen LogP contribution in [0.25, 0.3) is 0 Å². The smallest absolute Gasteiger partial charge is 0.245 e. The van der Waals surface area contributed by atoms with E-state index in [0.29, 0.717) is 25.9 Å². The molecule has 5 heteroatoms. The van der Waals surface area contributed by atoms with Gasteiger partial charge in [-0.3, -0.25) is 14.4 Å². The van der Waals surface area contributed by atoms with E-state index in [-0.39, 0.29) is 29.4 Å². The van der Waals surface area contributed by atoms with Crippen LogP contribution in [0.5, 0.6) is 0 Å². The molecule has 1 heterocycles. The summed E-state index contributed by atoms with van der Waals surface area (Å²) in [4.78, 5) is 38.2. The number of benzene rings is 1. The van der Waals surface area contributed by atoms with Crippen molar-refractivity contribution in [1.29, 1.82) is 0 Å². The van der Waals surface area contributed by atoms with Crippen molar-refractivity contribution in [3.8, 4) is 0 Å². The topological polar surface area (TPSA) is 66.5 Å². The number of ketones is 1. The van der Waals surface area contributed by atoms with E-state index in [1.54, 1.807) is 4.90 Å². The first kappa shape index (κ1) is 18.2. The molecule has 0 aromatic heterocycles. The van der Waals surface area contributed by atoms with E-state index in [9.17, 15) is 14.4 Å². The van der Waals surface area contributed by atoms with Gasteiger partial charge in [-0.25, -0.2) is 0 Å². The maximum Gasteiger partial charge on any atom is 0.245 e. The summed E-state index contributed by atoms with van der Waals surface area (Å²) < 4.78 is 0. The summed E-state index contributed by atoms with van der Waals surface area (Å²) in [6.07, 6.45) is 1.34. The lowest BCUT2D eigenvalue weighted by molar-refractivity contribution is -0.138. The number of nitrogens with one attached hydrogen (secondary N) is 1. The summed E-state index contributed by atoms with van der Waals surface area (Å²) in [6, 6.07) is 8.81. The number of carbonyl (C=O) groups is 3. The molecule has 1 atom stereocenters. The molecule has 1 aromatic rings. The Balaban J connectivity index is 1.95. The van der Waals surface area contributed by atoms with Crippen molar-refractivity contribution >= 4 is 17.6 Å². The molecule has 130 valence electrons. The van der Waals surface area contributed by atoms with Crippen LogP contribution < -0.4 is 5.32 Å². The molecule has 1 saturated heterocycles. The van der Waals surface area contributed by atoms with Crippen LogP contribution in [-0.2, 0) is 9.59 Å². The molecule has 0 bridgehead atoms. The maximum absolute atomic E-state index is 12.6. The SMILES string of the molecule is CC(=O)NC(C(=O)N1CCC(C(=O)c2ccccc2)CC1)C(C)C. The van der Waals surface area contributed by atoms with E-state index < -0.39 is 6.04 Å². The van der Waals surface area contributed by atoms with Crippen LogP contribution in [0.3, 0.4) is 0 Å². The number of amides is 2. The van der Waals surface area contributed by atoms with Gasteiger partial charge in [-0.1, -0.05) is 44.2 Å². The van der Waals surface area contributed by atoms with Crippen molar-refractivity contribution in [2.24, 2.45) is 11.8 Å². The molecule has 0 spiro atoms. The van der Waals surface area contributed by atoms with Crippen molar-refractivity contribution in [2.75, 3.05) is 13.1 Å². The van der Waals surface area contributed by atoms with E-state index in [1.807, 2.05) is 44.2 Å². The lowest BCUT2D eigenvalue weighted by Gasteiger charge is -2.35. The first-order chi connectivity index (χ1) is 11.4. The Morgan fingerprint density at radius 2 is 1.67 bits per heavy atom. The van der Waals surface area contributed by atoms with Crippen LogP contribution in [0, 0.1) is 11.8 Å². The highest BCUT2D eigenvalue weighted by molar-refractivity contribution is 5.98. The molecule has 2 rings (SSSR count). The van der Waals surface area contributed by atoms with Crippen LogP contribution in [0.15, 0.2) is 30.3 Å². The first-order valence-electron chi connectivity index (χ1n) is 8.55. The van der Waals surface area contributed by atoms with Crippen molar-refractivity contribution in [3.63, 3.8) is 0 Å². The molecule has 1 aliphatic heterocycles. The van der Waals surface area contributed by atoms with Gasteiger partial charge in [0.2, 0.25) is 11.8 Å². The quantitative estimate of drug-likeness (QED) is 0.842. The number of likely N-dealkylation sites (tertiary alicyclic amines) is 1. The van der Waals surface area contributed by atoms with Gasteiger partial charge in [0.15, 0.2) is 5.78 Å². The number of Topliss-reactive ketones (excluding diaryl/α,β-unsaturated/α-hetero) is 1. The zero-order valence-corrected chi connectivity index (χ0v) is 14.6. The highest BCUT2D eigenvalue weighted by Crippen LogP contribution is 2.23. The number of piperidine rings is 1. The first-order valence-corrected chi connectivity index (χ1v) is 8.55. The second-order valence-electron chi connectivity index (χ2n) is 6.75. The Kier molecular flexibility index (Phi) is 6.12. The lowest BCUT2D eigenvalue weighted by Crippen LogP contribution is -2.52. The molecule has 1 aromatic carbocycles. The summed E-state index contributed by atoms with van der Waals surface area (Å²) >= 11 is 0. The van der Waals surface area contributed by atoms with Crippen LogP contribution in [0.1, 0.15) is 44.0 Å². The Hall–Kier alpha value is -2.17. The predicted molar refractivity (Wildman–Crippen MR) is 92.5 cm³/mol. The monoisotopic (exact) mass is 330 g/mol. The van der Waals surface area contributed by atoms with Gasteiger partial charge in [-0.15, -0.1) is 0 Å². The van der Waals surface area contributed by atoms with Crippen molar-refractivity contribution in [2.45, 2.75) is 39.7 Å². The van der Waals surface area contributed by atoms with E-state index in [1.165, 1.54) is 6.92 Å². The predicted octanol–water partition coefficient (Wildman–Crippen LogP) is 2.27. The van der Waals surface area contributed by atoms with Gasteiger partial charge in [0, 0.05) is 31.5 Å². The molecule has 1 unspecified atom stereocenters. The third-order valence-corrected chi connectivity index (χ3v) is 4.53. The fourth-order valence-corrected chi connectivity index (χ4v) is 3.13. The van der Waals surface area contributed by atoms with Gasteiger partial charge in [0.25, 0.3) is 0 Å². The molecule has 0 aliphatic carbocycles. The zero-order chi connectivity index (χ0) is 17.7. The molecule has 24 heavy (non-hydrogen) atoms. The Bertz CT molecular complexity index is 590. The van der Waals surface area contributed by atoms with Crippen LogP contribution in [0.4, 0.5) is 0 Å². The van der Waals surface area contributed by atoms with Crippen molar-refractivity contribution < 1.29 is 14.4 Å². The summed E-state index contributed by atoms with van der Waals surface area (Å²) in [7, 11) is 0. The van der Waals surface area contributed by atoms with E-state index in [0.717, 1.165) is 5.56 Å². The highest BCUT2D eigenvalue weighted by atomic mass is 16.2. The molecular formula is C19H26N2O3. The Labute approximate surface area is 143 Å². The minimum atomic E-state index is -0.496. The maximum atomic E-state index is 12.6. The van der Waals surface area contributed by atoms with Gasteiger partial charge < -0.3 is 10.2 Å². The van der Waals surface area contributed by atoms with E-state index in [2.05, 4.69) is 5.32 Å². The molecule has 2 amide bonds. The molecule has 1 N–H and O–H groups in total. The average molecular weight is 330 g/mol. The highest BCUT2D eigenvalue weighted by Gasteiger charge is 2.32. The van der Waals surface area contributed by atoms with Crippen molar-refractivity contribution in [1.82, 2.24) is 10.2 Å². The fourth-order valence-electron chi connectivity index (χ4n) is 3.13. The van der Waals surface area contributed by atoms with Crippen molar-refractivity contribution in [3.05, 3.63) is 35.9 Å². The Morgan fingerprint density at radius 1 is 1.08 bits per heavy atom. The van der Waals surface area contributed by atoms with Gasteiger partial charge in [0.05, 0.1) is 0 Å². The molecule has 1 fully saturated rings. The minimum Gasteiger partial charge on any atom is -0.344 e. The molecule has 0 saturated carbocycles. The summed E-state index contributed by atoms with van der Waals surface area (Å²) in [5.74, 6) is -0.0910. The second kappa shape index (κ2) is 8.08. The third kappa shape index (κ3) is 4.43. The van der Waals surface area contributed by atoms with Gasteiger partial charge in [-0.2, -0.15) is 0 Å². The number of nitrogens with zero attached hydrogens (tertiary/aromatic N) is 1. The molecule has 5 nitrogen and oxygen atoms in total. The lowest BCUT2D eigenvalue weighted by atomic mass is 9.88. The largest absolute Gasteiger partial charge is 0.344 e. The molecule has 0 radical (unpaired) electrons. The zero-order valence-electron chi connectivity index (χ0n) is 14.6. The van der Waals surface area contributed by atoms with Crippen LogP contribution in [0.2, 0.25) is 0 Å². The summed E-state index contributed by atoms with van der Waals surface area (Å²) in [5.41, 5.74) is 0.737.